The average molecular weight is 285 g/mol. The van der Waals surface area contributed by atoms with Crippen molar-refractivity contribution in [3.05, 3.63) is 36.0 Å². The van der Waals surface area contributed by atoms with Crippen molar-refractivity contribution in [2.75, 3.05) is 12.4 Å². The number of nitrogens with one attached hydrogen (secondary N) is 2. The van der Waals surface area contributed by atoms with Crippen molar-refractivity contribution < 1.29 is 9.53 Å². The summed E-state index contributed by atoms with van der Waals surface area (Å²) in [6, 6.07) is 9.45. The quantitative estimate of drug-likeness (QED) is 0.644. The second-order valence-corrected chi connectivity index (χ2v) is 4.97. The van der Waals surface area contributed by atoms with Gasteiger partial charge in [0, 0.05) is 12.2 Å². The first-order chi connectivity index (χ1) is 10.2. The Morgan fingerprint density at radius 1 is 1.38 bits per heavy atom. The van der Waals surface area contributed by atoms with Crippen LogP contribution < -0.4 is 15.4 Å². The molecule has 5 heteroatoms. The van der Waals surface area contributed by atoms with Gasteiger partial charge in [0.25, 0.3) is 5.91 Å². The Balaban J connectivity index is 2.02. The number of hydrogen-bond acceptors (Lipinski definition) is 4. The third-order valence-electron chi connectivity index (χ3n) is 3.53. The van der Waals surface area contributed by atoms with Crippen LogP contribution in [0.15, 0.2) is 36.0 Å². The summed E-state index contributed by atoms with van der Waals surface area (Å²) in [5.74, 6) is 0.328. The Kier molecular flexibility index (Phi) is 5.22. The summed E-state index contributed by atoms with van der Waals surface area (Å²) in [5, 5.41) is 15.0. The fourth-order valence-electron chi connectivity index (χ4n) is 2.40. The van der Waals surface area contributed by atoms with Gasteiger partial charge in [0.05, 0.1) is 12.8 Å². The molecule has 0 aliphatic heterocycles. The maximum absolute atomic E-state index is 12.0. The van der Waals surface area contributed by atoms with Gasteiger partial charge in [-0.3, -0.25) is 4.79 Å². The molecule has 5 nitrogen and oxygen atoms in total. The topological polar surface area (TPSA) is 74.1 Å². The minimum absolute atomic E-state index is 0.0628. The molecular formula is C16H19N3O2. The van der Waals surface area contributed by atoms with Crippen molar-refractivity contribution in [3.63, 3.8) is 0 Å². The van der Waals surface area contributed by atoms with Crippen LogP contribution in [0.1, 0.15) is 25.7 Å². The molecular weight excluding hydrogens is 266 g/mol. The van der Waals surface area contributed by atoms with Gasteiger partial charge in [-0.1, -0.05) is 25.0 Å². The SMILES string of the molecule is COc1ccccc1N/C=C(/C#N)C(=O)NC1CCCC1. The number of amides is 1. The van der Waals surface area contributed by atoms with Crippen LogP contribution in [0.25, 0.3) is 0 Å². The van der Waals surface area contributed by atoms with E-state index in [1.807, 2.05) is 24.3 Å². The van der Waals surface area contributed by atoms with E-state index in [9.17, 15) is 4.79 Å². The minimum Gasteiger partial charge on any atom is -0.495 e. The molecule has 0 spiro atoms. The summed E-state index contributed by atoms with van der Waals surface area (Å²) in [4.78, 5) is 12.0. The van der Waals surface area contributed by atoms with Gasteiger partial charge in [0.1, 0.15) is 17.4 Å². The van der Waals surface area contributed by atoms with Gasteiger partial charge >= 0.3 is 0 Å². The van der Waals surface area contributed by atoms with Crippen LogP contribution in [0, 0.1) is 11.3 Å². The number of methoxy groups -OCH3 is 1. The number of para-hydroxylation sites is 2. The van der Waals surface area contributed by atoms with Crippen LogP contribution in [0.2, 0.25) is 0 Å². The van der Waals surface area contributed by atoms with Crippen molar-refractivity contribution in [2.45, 2.75) is 31.7 Å². The lowest BCUT2D eigenvalue weighted by atomic mass is 10.2. The lowest BCUT2D eigenvalue weighted by Gasteiger charge is -2.11. The zero-order chi connectivity index (χ0) is 15.1. The van der Waals surface area contributed by atoms with E-state index in [4.69, 9.17) is 10.00 Å². The number of hydrogen-bond donors (Lipinski definition) is 2. The molecule has 1 saturated carbocycles. The molecule has 0 saturated heterocycles. The maximum Gasteiger partial charge on any atom is 0.263 e. The van der Waals surface area contributed by atoms with Crippen LogP contribution in [-0.4, -0.2) is 19.1 Å². The predicted octanol–water partition coefficient (Wildman–Crippen LogP) is 2.57. The van der Waals surface area contributed by atoms with Gasteiger partial charge in [-0.15, -0.1) is 0 Å². The molecule has 0 aromatic heterocycles. The standard InChI is InChI=1S/C16H19N3O2/c1-21-15-9-5-4-8-14(15)18-11-12(10-17)16(20)19-13-6-2-3-7-13/h4-5,8-9,11,13,18H,2-3,6-7H2,1H3,(H,19,20)/b12-11-. The minimum atomic E-state index is -0.327. The van der Waals surface area contributed by atoms with Crippen LogP contribution in [-0.2, 0) is 4.79 Å². The van der Waals surface area contributed by atoms with E-state index in [0.717, 1.165) is 25.7 Å². The number of ether oxygens (including phenoxy) is 1. The Bertz CT molecular complexity index is 569. The molecule has 1 aliphatic rings. The third-order valence-corrected chi connectivity index (χ3v) is 3.53. The fourth-order valence-corrected chi connectivity index (χ4v) is 2.40. The number of anilines is 1. The largest absolute Gasteiger partial charge is 0.495 e. The maximum atomic E-state index is 12.0. The summed E-state index contributed by atoms with van der Waals surface area (Å²) in [7, 11) is 1.57. The Labute approximate surface area is 124 Å². The molecule has 2 N–H and O–H groups in total. The van der Waals surface area contributed by atoms with Crippen molar-refractivity contribution in [1.29, 1.82) is 5.26 Å². The van der Waals surface area contributed by atoms with Crippen molar-refractivity contribution in [1.82, 2.24) is 5.32 Å². The lowest BCUT2D eigenvalue weighted by molar-refractivity contribution is -0.117. The number of nitriles is 1. The molecule has 1 aromatic carbocycles. The first-order valence-electron chi connectivity index (χ1n) is 7.05. The first-order valence-corrected chi connectivity index (χ1v) is 7.05. The number of benzene rings is 1. The van der Waals surface area contributed by atoms with Gasteiger partial charge in [-0.2, -0.15) is 5.26 Å². The van der Waals surface area contributed by atoms with Gasteiger partial charge < -0.3 is 15.4 Å². The predicted molar refractivity (Wildman–Crippen MR) is 80.7 cm³/mol. The second-order valence-electron chi connectivity index (χ2n) is 4.97. The Morgan fingerprint density at radius 3 is 2.76 bits per heavy atom. The number of carbonyl (C=O) groups is 1. The number of carbonyl (C=O) groups excluding carboxylic acids is 1. The zero-order valence-electron chi connectivity index (χ0n) is 12.1. The molecule has 0 heterocycles. The van der Waals surface area contributed by atoms with Crippen LogP contribution in [0.5, 0.6) is 5.75 Å². The van der Waals surface area contributed by atoms with E-state index in [2.05, 4.69) is 10.6 Å². The highest BCUT2D eigenvalue weighted by atomic mass is 16.5. The van der Waals surface area contributed by atoms with Crippen molar-refractivity contribution in [2.24, 2.45) is 0 Å². The van der Waals surface area contributed by atoms with Crippen LogP contribution >= 0.6 is 0 Å². The third kappa shape index (κ3) is 3.99. The summed E-state index contributed by atoms with van der Waals surface area (Å²) < 4.78 is 5.20. The molecule has 0 unspecified atom stereocenters. The summed E-state index contributed by atoms with van der Waals surface area (Å²) in [5.41, 5.74) is 0.772. The van der Waals surface area contributed by atoms with E-state index in [0.29, 0.717) is 11.4 Å². The van der Waals surface area contributed by atoms with Gasteiger partial charge in [-0.25, -0.2) is 0 Å². The molecule has 1 aliphatic carbocycles. The smallest absolute Gasteiger partial charge is 0.263 e. The fraction of sp³-hybridized carbons (Fsp3) is 0.375. The highest BCUT2D eigenvalue weighted by Crippen LogP contribution is 2.23. The molecule has 21 heavy (non-hydrogen) atoms. The van der Waals surface area contributed by atoms with Crippen LogP contribution in [0.3, 0.4) is 0 Å². The van der Waals surface area contributed by atoms with Crippen molar-refractivity contribution in [3.8, 4) is 11.8 Å². The molecule has 110 valence electrons. The second kappa shape index (κ2) is 7.34. The van der Waals surface area contributed by atoms with Crippen molar-refractivity contribution >= 4 is 11.6 Å². The molecule has 1 amide bonds. The van der Waals surface area contributed by atoms with Crippen LogP contribution in [0.4, 0.5) is 5.69 Å². The molecule has 0 bridgehead atoms. The first kappa shape index (κ1) is 14.9. The summed E-state index contributed by atoms with van der Waals surface area (Å²) in [6.07, 6.45) is 5.67. The van der Waals surface area contributed by atoms with E-state index in [1.165, 1.54) is 6.20 Å². The highest BCUT2D eigenvalue weighted by molar-refractivity contribution is 5.97. The average Bonchev–Trinajstić information content (AvgIpc) is 3.01. The number of rotatable bonds is 5. The Morgan fingerprint density at radius 2 is 2.10 bits per heavy atom. The zero-order valence-corrected chi connectivity index (χ0v) is 12.1. The van der Waals surface area contributed by atoms with E-state index in [-0.39, 0.29) is 17.5 Å². The monoisotopic (exact) mass is 285 g/mol. The van der Waals surface area contributed by atoms with Gasteiger partial charge in [0.15, 0.2) is 0 Å². The molecule has 2 rings (SSSR count). The van der Waals surface area contributed by atoms with E-state index in [1.54, 1.807) is 13.2 Å². The van der Waals surface area contributed by atoms with E-state index >= 15 is 0 Å². The molecule has 0 atom stereocenters. The molecule has 0 radical (unpaired) electrons. The molecule has 1 fully saturated rings. The normalized spacial score (nSPS) is 15.3. The van der Waals surface area contributed by atoms with E-state index < -0.39 is 0 Å². The van der Waals surface area contributed by atoms with Gasteiger partial charge in [-0.05, 0) is 25.0 Å². The summed E-state index contributed by atoms with van der Waals surface area (Å²) in [6.45, 7) is 0. The molecule has 1 aromatic rings. The highest BCUT2D eigenvalue weighted by Gasteiger charge is 2.19. The summed E-state index contributed by atoms with van der Waals surface area (Å²) >= 11 is 0. The Hall–Kier alpha value is -2.48. The number of nitrogens with zero attached hydrogens (tertiary/aromatic N) is 1. The lowest BCUT2D eigenvalue weighted by Crippen LogP contribution is -2.33. The van der Waals surface area contributed by atoms with Gasteiger partial charge in [0.2, 0.25) is 0 Å².